The van der Waals surface area contributed by atoms with Crippen LogP contribution >= 0.6 is 27.7 Å². The summed E-state index contributed by atoms with van der Waals surface area (Å²) in [6, 6.07) is 9.18. The Kier molecular flexibility index (Phi) is 7.99. The monoisotopic (exact) mass is 315 g/mol. The minimum Gasteiger partial charge on any atom is -0.313 e. The van der Waals surface area contributed by atoms with Crippen LogP contribution in [0.25, 0.3) is 0 Å². The van der Waals surface area contributed by atoms with Gasteiger partial charge in [0.05, 0.1) is 0 Å². The largest absolute Gasteiger partial charge is 0.313 e. The second-order valence-electron chi connectivity index (χ2n) is 4.21. The Morgan fingerprint density at radius 3 is 2.76 bits per heavy atom. The third-order valence-electron chi connectivity index (χ3n) is 2.57. The molecule has 1 aromatic carbocycles. The van der Waals surface area contributed by atoms with Crippen molar-refractivity contribution in [3.05, 3.63) is 28.7 Å². The first kappa shape index (κ1) is 15.1. The van der Waals surface area contributed by atoms with Crippen LogP contribution in [-0.2, 0) is 0 Å². The van der Waals surface area contributed by atoms with Crippen LogP contribution in [0.15, 0.2) is 33.6 Å². The van der Waals surface area contributed by atoms with Gasteiger partial charge in [0.2, 0.25) is 0 Å². The Morgan fingerprint density at radius 2 is 2.12 bits per heavy atom. The van der Waals surface area contributed by atoms with Crippen molar-refractivity contribution in [2.45, 2.75) is 44.0 Å². The van der Waals surface area contributed by atoms with Gasteiger partial charge in [-0.1, -0.05) is 42.3 Å². The molecular weight excluding hydrogens is 294 g/mol. The summed E-state index contributed by atoms with van der Waals surface area (Å²) in [5.41, 5.74) is 0. The van der Waals surface area contributed by atoms with Crippen LogP contribution in [0.3, 0.4) is 0 Å². The van der Waals surface area contributed by atoms with Gasteiger partial charge in [0.1, 0.15) is 0 Å². The lowest BCUT2D eigenvalue weighted by Gasteiger charge is -2.17. The van der Waals surface area contributed by atoms with Crippen LogP contribution in [0.1, 0.15) is 33.1 Å². The lowest BCUT2D eigenvalue weighted by molar-refractivity contribution is 0.514. The van der Waals surface area contributed by atoms with Gasteiger partial charge >= 0.3 is 0 Å². The Balaban J connectivity index is 2.39. The summed E-state index contributed by atoms with van der Waals surface area (Å²) in [5.74, 6) is 1.16. The van der Waals surface area contributed by atoms with Gasteiger partial charge < -0.3 is 5.32 Å². The average Bonchev–Trinajstić information content (AvgIpc) is 2.33. The summed E-state index contributed by atoms with van der Waals surface area (Å²) in [7, 11) is 0. The summed E-state index contributed by atoms with van der Waals surface area (Å²) in [5, 5.41) is 3.62. The summed E-state index contributed by atoms with van der Waals surface area (Å²) in [6.45, 7) is 5.60. The van der Waals surface area contributed by atoms with E-state index in [1.165, 1.54) is 24.2 Å². The van der Waals surface area contributed by atoms with E-state index in [0.717, 1.165) is 16.8 Å². The van der Waals surface area contributed by atoms with Crippen molar-refractivity contribution >= 4 is 27.7 Å². The molecule has 1 unspecified atom stereocenters. The molecule has 1 nitrogen and oxygen atoms in total. The van der Waals surface area contributed by atoms with Crippen LogP contribution in [-0.4, -0.2) is 18.3 Å². The highest BCUT2D eigenvalue weighted by atomic mass is 79.9. The predicted octanol–water partition coefficient (Wildman–Crippen LogP) is 4.71. The standard InChI is InChI=1S/C14H22BrNS/c1-3-6-13(16-9-4-2)11-17-14-8-5-7-12(15)10-14/h5,7-8,10,13,16H,3-4,6,9,11H2,1-2H3. The Bertz CT molecular complexity index is 317. The van der Waals surface area contributed by atoms with Crippen molar-refractivity contribution in [1.82, 2.24) is 5.32 Å². The van der Waals surface area contributed by atoms with Gasteiger partial charge in [-0.25, -0.2) is 0 Å². The van der Waals surface area contributed by atoms with E-state index >= 15 is 0 Å². The molecule has 96 valence electrons. The molecule has 0 heterocycles. The number of benzene rings is 1. The van der Waals surface area contributed by atoms with Gasteiger partial charge in [-0.3, -0.25) is 0 Å². The molecule has 0 bridgehead atoms. The summed E-state index contributed by atoms with van der Waals surface area (Å²) < 4.78 is 1.16. The third-order valence-corrected chi connectivity index (χ3v) is 4.22. The molecule has 3 heteroatoms. The average molecular weight is 316 g/mol. The molecule has 0 radical (unpaired) electrons. The fraction of sp³-hybridized carbons (Fsp3) is 0.571. The maximum atomic E-state index is 3.62. The number of thioether (sulfide) groups is 1. The molecule has 0 spiro atoms. The maximum Gasteiger partial charge on any atom is 0.0186 e. The van der Waals surface area contributed by atoms with Gasteiger partial charge in [0, 0.05) is 21.2 Å². The summed E-state index contributed by atoms with van der Waals surface area (Å²) in [4.78, 5) is 1.35. The predicted molar refractivity (Wildman–Crippen MR) is 81.9 cm³/mol. The second-order valence-corrected chi connectivity index (χ2v) is 6.22. The molecule has 0 amide bonds. The molecule has 0 aliphatic carbocycles. The first-order valence-corrected chi connectivity index (χ1v) is 8.15. The SMILES string of the molecule is CCCNC(CCC)CSc1cccc(Br)c1. The fourth-order valence-corrected chi connectivity index (χ4v) is 3.31. The molecule has 0 aliphatic rings. The van der Waals surface area contributed by atoms with Crippen molar-refractivity contribution in [3.63, 3.8) is 0 Å². The van der Waals surface area contributed by atoms with E-state index in [9.17, 15) is 0 Å². The number of hydrogen-bond donors (Lipinski definition) is 1. The van der Waals surface area contributed by atoms with Crippen molar-refractivity contribution in [2.75, 3.05) is 12.3 Å². The molecule has 17 heavy (non-hydrogen) atoms. The first-order valence-electron chi connectivity index (χ1n) is 6.38. The van der Waals surface area contributed by atoms with Crippen molar-refractivity contribution in [3.8, 4) is 0 Å². The van der Waals surface area contributed by atoms with Gasteiger partial charge in [-0.2, -0.15) is 0 Å². The minimum atomic E-state index is 0.643. The van der Waals surface area contributed by atoms with E-state index in [0.29, 0.717) is 6.04 Å². The minimum absolute atomic E-state index is 0.643. The van der Waals surface area contributed by atoms with E-state index in [1.807, 2.05) is 11.8 Å². The number of rotatable bonds is 8. The molecule has 1 N–H and O–H groups in total. The van der Waals surface area contributed by atoms with Crippen molar-refractivity contribution in [2.24, 2.45) is 0 Å². The Labute approximate surface area is 118 Å². The van der Waals surface area contributed by atoms with Gasteiger partial charge in [-0.15, -0.1) is 11.8 Å². The summed E-state index contributed by atoms with van der Waals surface area (Å²) in [6.07, 6.45) is 3.73. The van der Waals surface area contributed by atoms with E-state index in [2.05, 4.69) is 59.4 Å². The fourth-order valence-electron chi connectivity index (χ4n) is 1.69. The molecule has 0 fully saturated rings. The van der Waals surface area contributed by atoms with Crippen molar-refractivity contribution < 1.29 is 0 Å². The van der Waals surface area contributed by atoms with Crippen LogP contribution in [0, 0.1) is 0 Å². The second kappa shape index (κ2) is 9.01. The van der Waals surface area contributed by atoms with Crippen LogP contribution in [0.5, 0.6) is 0 Å². The van der Waals surface area contributed by atoms with Gasteiger partial charge in [0.15, 0.2) is 0 Å². The van der Waals surface area contributed by atoms with E-state index < -0.39 is 0 Å². The highest BCUT2D eigenvalue weighted by Crippen LogP contribution is 2.23. The molecule has 1 atom stereocenters. The third kappa shape index (κ3) is 6.49. The van der Waals surface area contributed by atoms with Crippen LogP contribution in [0.4, 0.5) is 0 Å². The smallest absolute Gasteiger partial charge is 0.0186 e. The lowest BCUT2D eigenvalue weighted by Crippen LogP contribution is -2.31. The summed E-state index contributed by atoms with van der Waals surface area (Å²) >= 11 is 5.45. The Morgan fingerprint density at radius 1 is 1.29 bits per heavy atom. The quantitative estimate of drug-likeness (QED) is 0.697. The van der Waals surface area contributed by atoms with E-state index in [-0.39, 0.29) is 0 Å². The molecular formula is C14H22BrNS. The van der Waals surface area contributed by atoms with Crippen LogP contribution in [0.2, 0.25) is 0 Å². The van der Waals surface area contributed by atoms with Crippen LogP contribution < -0.4 is 5.32 Å². The first-order chi connectivity index (χ1) is 8.26. The van der Waals surface area contributed by atoms with E-state index in [1.54, 1.807) is 0 Å². The molecule has 0 aromatic heterocycles. The normalized spacial score (nSPS) is 12.6. The van der Waals surface area contributed by atoms with E-state index in [4.69, 9.17) is 0 Å². The number of nitrogens with one attached hydrogen (secondary N) is 1. The molecule has 1 aromatic rings. The maximum absolute atomic E-state index is 3.62. The van der Waals surface area contributed by atoms with Gasteiger partial charge in [0.25, 0.3) is 0 Å². The highest BCUT2D eigenvalue weighted by molar-refractivity contribution is 9.10. The number of halogens is 1. The number of hydrogen-bond acceptors (Lipinski definition) is 2. The Hall–Kier alpha value is 0.01000. The highest BCUT2D eigenvalue weighted by Gasteiger charge is 2.07. The molecule has 0 saturated heterocycles. The molecule has 0 aliphatic heterocycles. The lowest BCUT2D eigenvalue weighted by atomic mass is 10.2. The zero-order valence-corrected chi connectivity index (χ0v) is 13.1. The van der Waals surface area contributed by atoms with Crippen molar-refractivity contribution in [1.29, 1.82) is 0 Å². The zero-order valence-electron chi connectivity index (χ0n) is 10.7. The zero-order chi connectivity index (χ0) is 12.5. The molecule has 1 rings (SSSR count). The molecule has 0 saturated carbocycles. The topological polar surface area (TPSA) is 12.0 Å². The van der Waals surface area contributed by atoms with Gasteiger partial charge in [-0.05, 0) is 37.6 Å².